The van der Waals surface area contributed by atoms with E-state index in [0.29, 0.717) is 6.04 Å². The Morgan fingerprint density at radius 1 is 1.47 bits per heavy atom. The lowest BCUT2D eigenvalue weighted by Crippen LogP contribution is -2.48. The van der Waals surface area contributed by atoms with Gasteiger partial charge in [0, 0.05) is 18.6 Å². The van der Waals surface area contributed by atoms with Crippen molar-refractivity contribution in [1.82, 2.24) is 4.90 Å². The quantitative estimate of drug-likeness (QED) is 0.775. The van der Waals surface area contributed by atoms with Crippen LogP contribution in [0.4, 0.5) is 0 Å². The number of likely N-dealkylation sites (tertiary alicyclic amines) is 1. The molecule has 0 bridgehead atoms. The van der Waals surface area contributed by atoms with Crippen LogP contribution in [-0.2, 0) is 4.79 Å². The fourth-order valence-electron chi connectivity index (χ4n) is 2.20. The Kier molecular flexibility index (Phi) is 4.58. The summed E-state index contributed by atoms with van der Waals surface area (Å²) in [5, 5.41) is 0. The Labute approximate surface area is 93.0 Å². The van der Waals surface area contributed by atoms with E-state index < -0.39 is 0 Å². The molecule has 1 heterocycles. The van der Waals surface area contributed by atoms with E-state index in [0.717, 1.165) is 25.8 Å². The number of rotatable bonds is 3. The van der Waals surface area contributed by atoms with Crippen molar-refractivity contribution in [3.05, 3.63) is 0 Å². The van der Waals surface area contributed by atoms with Gasteiger partial charge in [-0.25, -0.2) is 0 Å². The smallest absolute Gasteiger partial charge is 0.227 e. The highest BCUT2D eigenvalue weighted by molar-refractivity contribution is 5.79. The molecule has 0 aromatic carbocycles. The minimum absolute atomic E-state index is 0.0443. The summed E-state index contributed by atoms with van der Waals surface area (Å²) >= 11 is 0. The Morgan fingerprint density at radius 3 is 2.67 bits per heavy atom. The second-order valence-corrected chi connectivity index (χ2v) is 4.74. The van der Waals surface area contributed by atoms with E-state index in [9.17, 15) is 4.79 Å². The average Bonchev–Trinajstić information content (AvgIpc) is 2.26. The van der Waals surface area contributed by atoms with Crippen molar-refractivity contribution >= 4 is 5.91 Å². The lowest BCUT2D eigenvalue weighted by atomic mass is 9.96. The van der Waals surface area contributed by atoms with Gasteiger partial charge in [0.2, 0.25) is 5.91 Å². The maximum Gasteiger partial charge on any atom is 0.227 e. The summed E-state index contributed by atoms with van der Waals surface area (Å²) in [7, 11) is 0. The maximum absolute atomic E-state index is 12.2. The Morgan fingerprint density at radius 2 is 2.13 bits per heavy atom. The molecule has 1 amide bonds. The lowest BCUT2D eigenvalue weighted by molar-refractivity contribution is -0.139. The summed E-state index contributed by atoms with van der Waals surface area (Å²) in [5.41, 5.74) is 5.78. The van der Waals surface area contributed by atoms with E-state index >= 15 is 0 Å². The molecule has 3 unspecified atom stereocenters. The summed E-state index contributed by atoms with van der Waals surface area (Å²) in [5.74, 6) is 0.203. The standard InChI is InChI=1S/C12H24N2O/c1-4-11-7-5-6-8-14(11)12(15)9(2)10(3)13/h9-11H,4-8,13H2,1-3H3. The first-order chi connectivity index (χ1) is 7.07. The van der Waals surface area contributed by atoms with Gasteiger partial charge in [-0.15, -0.1) is 0 Å². The highest BCUT2D eigenvalue weighted by Gasteiger charge is 2.29. The van der Waals surface area contributed by atoms with Crippen molar-refractivity contribution < 1.29 is 4.79 Å². The van der Waals surface area contributed by atoms with Crippen LogP contribution in [0.25, 0.3) is 0 Å². The predicted octanol–water partition coefficient (Wildman–Crippen LogP) is 1.76. The van der Waals surface area contributed by atoms with E-state index in [4.69, 9.17) is 5.73 Å². The van der Waals surface area contributed by atoms with Gasteiger partial charge in [-0.1, -0.05) is 13.8 Å². The fourth-order valence-corrected chi connectivity index (χ4v) is 2.20. The van der Waals surface area contributed by atoms with Crippen molar-refractivity contribution in [2.24, 2.45) is 11.7 Å². The SMILES string of the molecule is CCC1CCCCN1C(=O)C(C)C(C)N. The van der Waals surface area contributed by atoms with E-state index in [-0.39, 0.29) is 17.9 Å². The molecule has 1 fully saturated rings. The molecule has 1 aliphatic rings. The van der Waals surface area contributed by atoms with Crippen LogP contribution in [-0.4, -0.2) is 29.4 Å². The molecular weight excluding hydrogens is 188 g/mol. The second kappa shape index (κ2) is 5.50. The molecule has 0 aliphatic carbocycles. The van der Waals surface area contributed by atoms with Gasteiger partial charge in [0.25, 0.3) is 0 Å². The van der Waals surface area contributed by atoms with Crippen LogP contribution in [0, 0.1) is 5.92 Å². The van der Waals surface area contributed by atoms with Crippen molar-refractivity contribution in [2.75, 3.05) is 6.54 Å². The van der Waals surface area contributed by atoms with Crippen LogP contribution < -0.4 is 5.73 Å². The van der Waals surface area contributed by atoms with Gasteiger partial charge in [-0.05, 0) is 32.6 Å². The van der Waals surface area contributed by atoms with Gasteiger partial charge in [0.1, 0.15) is 0 Å². The number of carbonyl (C=O) groups is 1. The summed E-state index contributed by atoms with van der Waals surface area (Å²) in [6.45, 7) is 6.93. The molecule has 88 valence electrons. The minimum Gasteiger partial charge on any atom is -0.339 e. The summed E-state index contributed by atoms with van der Waals surface area (Å²) in [6, 6.07) is 0.407. The molecule has 1 saturated heterocycles. The van der Waals surface area contributed by atoms with E-state index in [1.165, 1.54) is 6.42 Å². The first-order valence-electron chi connectivity index (χ1n) is 6.14. The zero-order valence-corrected chi connectivity index (χ0v) is 10.2. The minimum atomic E-state index is -0.0445. The molecule has 0 aromatic heterocycles. The van der Waals surface area contributed by atoms with Crippen LogP contribution >= 0.6 is 0 Å². The second-order valence-electron chi connectivity index (χ2n) is 4.74. The topological polar surface area (TPSA) is 46.3 Å². The monoisotopic (exact) mass is 212 g/mol. The van der Waals surface area contributed by atoms with E-state index in [1.54, 1.807) is 0 Å². The summed E-state index contributed by atoms with van der Waals surface area (Å²) in [4.78, 5) is 14.2. The average molecular weight is 212 g/mol. The molecule has 3 nitrogen and oxygen atoms in total. The van der Waals surface area contributed by atoms with Crippen molar-refractivity contribution in [3.8, 4) is 0 Å². The van der Waals surface area contributed by atoms with Gasteiger partial charge in [-0.2, -0.15) is 0 Å². The number of nitrogens with zero attached hydrogens (tertiary/aromatic N) is 1. The molecule has 0 saturated carbocycles. The molecule has 1 aliphatic heterocycles. The predicted molar refractivity (Wildman–Crippen MR) is 62.5 cm³/mol. The molecular formula is C12H24N2O. The molecule has 3 heteroatoms. The number of amides is 1. The molecule has 0 spiro atoms. The largest absolute Gasteiger partial charge is 0.339 e. The lowest BCUT2D eigenvalue weighted by Gasteiger charge is -2.37. The van der Waals surface area contributed by atoms with Crippen LogP contribution in [0.5, 0.6) is 0 Å². The van der Waals surface area contributed by atoms with Gasteiger partial charge in [-0.3, -0.25) is 4.79 Å². The Bertz CT molecular complexity index is 216. The summed E-state index contributed by atoms with van der Waals surface area (Å²) in [6.07, 6.45) is 4.63. The molecule has 3 atom stereocenters. The number of hydrogen-bond donors (Lipinski definition) is 1. The first kappa shape index (κ1) is 12.5. The van der Waals surface area contributed by atoms with Crippen molar-refractivity contribution in [2.45, 2.75) is 58.5 Å². The molecule has 0 radical (unpaired) electrons. The number of nitrogens with two attached hydrogens (primary N) is 1. The van der Waals surface area contributed by atoms with Gasteiger partial charge in [0.15, 0.2) is 0 Å². The Hall–Kier alpha value is -0.570. The third-order valence-electron chi connectivity index (χ3n) is 3.56. The number of carbonyl (C=O) groups excluding carboxylic acids is 1. The van der Waals surface area contributed by atoms with Gasteiger partial charge in [0.05, 0.1) is 5.92 Å². The van der Waals surface area contributed by atoms with Gasteiger partial charge < -0.3 is 10.6 Å². The van der Waals surface area contributed by atoms with Crippen molar-refractivity contribution in [1.29, 1.82) is 0 Å². The number of hydrogen-bond acceptors (Lipinski definition) is 2. The highest BCUT2D eigenvalue weighted by atomic mass is 16.2. The third kappa shape index (κ3) is 2.94. The van der Waals surface area contributed by atoms with Crippen LogP contribution in [0.2, 0.25) is 0 Å². The molecule has 2 N–H and O–H groups in total. The van der Waals surface area contributed by atoms with Crippen molar-refractivity contribution in [3.63, 3.8) is 0 Å². The molecule has 0 aromatic rings. The van der Waals surface area contributed by atoms with Crippen LogP contribution in [0.1, 0.15) is 46.5 Å². The molecule has 15 heavy (non-hydrogen) atoms. The number of piperidine rings is 1. The normalized spacial score (nSPS) is 26.1. The first-order valence-corrected chi connectivity index (χ1v) is 6.14. The van der Waals surface area contributed by atoms with Crippen LogP contribution in [0.3, 0.4) is 0 Å². The van der Waals surface area contributed by atoms with Gasteiger partial charge >= 0.3 is 0 Å². The fraction of sp³-hybridized carbons (Fsp3) is 0.917. The Balaban J connectivity index is 2.63. The van der Waals surface area contributed by atoms with Crippen LogP contribution in [0.15, 0.2) is 0 Å². The molecule has 1 rings (SSSR count). The van der Waals surface area contributed by atoms with E-state index in [2.05, 4.69) is 11.8 Å². The summed E-state index contributed by atoms with van der Waals surface area (Å²) < 4.78 is 0. The zero-order chi connectivity index (χ0) is 11.4. The maximum atomic E-state index is 12.2. The van der Waals surface area contributed by atoms with E-state index in [1.807, 2.05) is 13.8 Å². The highest BCUT2D eigenvalue weighted by Crippen LogP contribution is 2.22. The third-order valence-corrected chi connectivity index (χ3v) is 3.56. The zero-order valence-electron chi connectivity index (χ0n) is 10.2.